The van der Waals surface area contributed by atoms with Crippen molar-refractivity contribution in [2.75, 3.05) is 0 Å². The summed E-state index contributed by atoms with van der Waals surface area (Å²) in [7, 11) is 4.20. The van der Waals surface area contributed by atoms with Gasteiger partial charge in [0.25, 0.3) is 0 Å². The Labute approximate surface area is 159 Å². The predicted octanol–water partition coefficient (Wildman–Crippen LogP) is 3.33. The van der Waals surface area contributed by atoms with Gasteiger partial charge in [-0.3, -0.25) is 4.98 Å². The summed E-state index contributed by atoms with van der Waals surface area (Å²) in [6, 6.07) is 24.0. The third-order valence-electron chi connectivity index (χ3n) is 3.22. The number of benzene rings is 2. The Hall–Kier alpha value is -2.46. The largest absolute Gasteiger partial charge is 0.857 e. The van der Waals surface area contributed by atoms with Crippen molar-refractivity contribution in [1.29, 1.82) is 0 Å². The second-order valence-electron chi connectivity index (χ2n) is 4.80. The summed E-state index contributed by atoms with van der Waals surface area (Å²) in [6.45, 7) is 0. The SMILES string of the molecule is [Cl][Cu+].[O-]/C(=N\N=C(/c1ccccc1)c1ccccn1)c1ccccc1. The number of nitrogens with zero attached hydrogens (tertiary/aromatic N) is 3. The minimum absolute atomic E-state index is 0.380. The van der Waals surface area contributed by atoms with E-state index in [9.17, 15) is 5.11 Å². The molecule has 3 rings (SSSR count). The molecule has 1 heterocycles. The Morgan fingerprint density at radius 1 is 0.760 bits per heavy atom. The zero-order valence-corrected chi connectivity index (χ0v) is 14.7. The zero-order chi connectivity index (χ0) is 17.9. The van der Waals surface area contributed by atoms with Crippen molar-refractivity contribution >= 4 is 21.7 Å². The molecule has 0 amide bonds. The van der Waals surface area contributed by atoms with Crippen molar-refractivity contribution in [1.82, 2.24) is 4.98 Å². The van der Waals surface area contributed by atoms with E-state index in [1.807, 2.05) is 54.6 Å². The maximum atomic E-state index is 12.1. The first-order valence-electron chi connectivity index (χ1n) is 7.31. The van der Waals surface area contributed by atoms with Crippen molar-refractivity contribution in [3.05, 3.63) is 102 Å². The quantitative estimate of drug-likeness (QED) is 0.292. The molecule has 0 N–H and O–H groups in total. The van der Waals surface area contributed by atoms with E-state index < -0.39 is 0 Å². The summed E-state index contributed by atoms with van der Waals surface area (Å²) in [5, 5.41) is 20.1. The van der Waals surface area contributed by atoms with Crippen LogP contribution in [0.2, 0.25) is 0 Å². The predicted molar refractivity (Wildman–Crippen MR) is 95.2 cm³/mol. The summed E-state index contributed by atoms with van der Waals surface area (Å²) in [5.74, 6) is -0.380. The van der Waals surface area contributed by atoms with Crippen LogP contribution in [0.4, 0.5) is 0 Å². The molecular formula is C19H14ClCuN3O. The number of hydrogen-bond donors (Lipinski definition) is 0. The fourth-order valence-corrected chi connectivity index (χ4v) is 2.09. The number of pyridine rings is 1. The van der Waals surface area contributed by atoms with E-state index >= 15 is 0 Å². The number of rotatable bonds is 4. The summed E-state index contributed by atoms with van der Waals surface area (Å²) in [4.78, 5) is 4.30. The van der Waals surface area contributed by atoms with E-state index in [0.717, 1.165) is 5.56 Å². The van der Waals surface area contributed by atoms with Crippen LogP contribution >= 0.6 is 10.1 Å². The van der Waals surface area contributed by atoms with E-state index in [1.54, 1.807) is 30.5 Å². The van der Waals surface area contributed by atoms with E-state index in [4.69, 9.17) is 0 Å². The van der Waals surface area contributed by atoms with Gasteiger partial charge in [0.2, 0.25) is 0 Å². The van der Waals surface area contributed by atoms with Crippen LogP contribution in [0.3, 0.4) is 0 Å². The van der Waals surface area contributed by atoms with Crippen LogP contribution in [-0.2, 0) is 15.1 Å². The molecule has 0 aliphatic heterocycles. The van der Waals surface area contributed by atoms with E-state index in [1.165, 1.54) is 0 Å². The average molecular weight is 399 g/mol. The van der Waals surface area contributed by atoms with Gasteiger partial charge in [-0.25, -0.2) is 0 Å². The van der Waals surface area contributed by atoms with Gasteiger partial charge < -0.3 is 5.11 Å². The van der Waals surface area contributed by atoms with Crippen LogP contribution in [0.25, 0.3) is 0 Å². The van der Waals surface area contributed by atoms with Gasteiger partial charge in [-0.15, -0.1) is 5.10 Å². The summed E-state index contributed by atoms with van der Waals surface area (Å²) >= 11 is 3.66. The first-order chi connectivity index (χ1) is 12.3. The summed E-state index contributed by atoms with van der Waals surface area (Å²) in [5.41, 5.74) is 2.60. The van der Waals surface area contributed by atoms with Gasteiger partial charge in [0, 0.05) is 17.7 Å². The summed E-state index contributed by atoms with van der Waals surface area (Å²) in [6.07, 6.45) is 1.69. The molecule has 0 spiro atoms. The molecule has 0 fully saturated rings. The first-order valence-corrected chi connectivity index (χ1v) is 8.60. The van der Waals surface area contributed by atoms with Crippen LogP contribution in [0.15, 0.2) is 95.3 Å². The van der Waals surface area contributed by atoms with Gasteiger partial charge in [-0.2, -0.15) is 5.10 Å². The molecule has 25 heavy (non-hydrogen) atoms. The molecule has 0 saturated heterocycles. The third-order valence-corrected chi connectivity index (χ3v) is 3.22. The van der Waals surface area contributed by atoms with Crippen molar-refractivity contribution < 1.29 is 20.2 Å². The third kappa shape index (κ3) is 5.54. The Morgan fingerprint density at radius 3 is 1.88 bits per heavy atom. The van der Waals surface area contributed by atoms with Crippen molar-refractivity contribution in [3.63, 3.8) is 0 Å². The monoisotopic (exact) mass is 398 g/mol. The maximum Gasteiger partial charge on any atom is 0.118 e. The Bertz CT molecular complexity index is 784. The summed E-state index contributed by atoms with van der Waals surface area (Å²) < 4.78 is 0. The number of hydrogen-bond acceptors (Lipinski definition) is 4. The minimum atomic E-state index is -0.380. The van der Waals surface area contributed by atoms with Crippen LogP contribution < -0.4 is 5.11 Å². The van der Waals surface area contributed by atoms with E-state index in [2.05, 4.69) is 40.4 Å². The molecule has 129 valence electrons. The van der Waals surface area contributed by atoms with Crippen molar-refractivity contribution in [2.24, 2.45) is 10.2 Å². The number of halogens is 1. The molecular weight excluding hydrogens is 385 g/mol. The van der Waals surface area contributed by atoms with Crippen LogP contribution in [0.1, 0.15) is 16.8 Å². The van der Waals surface area contributed by atoms with Gasteiger partial charge in [-0.1, -0.05) is 66.7 Å². The standard InChI is InChI=1S/C19H15N3O.ClH.Cu/c23-19(16-11-5-2-6-12-16)22-21-18(15-9-3-1-4-10-15)17-13-7-8-14-20-17;;/h1-14H,(H,22,23);1H;/q;;+2/p-2/b21-18+;;. The number of aromatic nitrogens is 1. The molecule has 6 heteroatoms. The molecule has 1 aromatic heterocycles. The Kier molecular flexibility index (Phi) is 7.86. The molecule has 4 nitrogen and oxygen atoms in total. The molecule has 0 aliphatic rings. The second-order valence-corrected chi connectivity index (χ2v) is 4.80. The van der Waals surface area contributed by atoms with Gasteiger partial charge in [0.1, 0.15) is 5.71 Å². The zero-order valence-electron chi connectivity index (χ0n) is 13.0. The van der Waals surface area contributed by atoms with Crippen LogP contribution in [0, 0.1) is 0 Å². The van der Waals surface area contributed by atoms with Gasteiger partial charge in [-0.05, 0) is 17.7 Å². The smallest absolute Gasteiger partial charge is 0.118 e. The van der Waals surface area contributed by atoms with Crippen LogP contribution in [0.5, 0.6) is 0 Å². The molecule has 0 radical (unpaired) electrons. The first kappa shape index (κ1) is 18.9. The molecule has 0 saturated carbocycles. The van der Waals surface area contributed by atoms with Crippen molar-refractivity contribution in [2.45, 2.75) is 0 Å². The fourth-order valence-electron chi connectivity index (χ4n) is 2.09. The maximum absolute atomic E-state index is 12.1. The van der Waals surface area contributed by atoms with Gasteiger partial charge in [0.15, 0.2) is 0 Å². The molecule has 0 atom stereocenters. The molecule has 0 unspecified atom stereocenters. The topological polar surface area (TPSA) is 60.7 Å². The normalized spacial score (nSPS) is 11.5. The fraction of sp³-hybridized carbons (Fsp3) is 0. The molecule has 2 aromatic carbocycles. The van der Waals surface area contributed by atoms with Crippen LogP contribution in [-0.4, -0.2) is 16.6 Å². The van der Waals surface area contributed by atoms with Gasteiger partial charge in [0.05, 0.1) is 5.69 Å². The Balaban J connectivity index is 0.00000109. The average Bonchev–Trinajstić information content (AvgIpc) is 2.72. The minimum Gasteiger partial charge on any atom is -0.857 e. The van der Waals surface area contributed by atoms with E-state index in [-0.39, 0.29) is 5.90 Å². The molecule has 0 bridgehead atoms. The molecule has 0 aliphatic carbocycles. The second kappa shape index (κ2) is 10.4. The molecule has 3 aromatic rings. The Morgan fingerprint density at radius 2 is 1.32 bits per heavy atom. The van der Waals surface area contributed by atoms with Gasteiger partial charge >= 0.3 is 25.2 Å². The van der Waals surface area contributed by atoms with Crippen molar-refractivity contribution in [3.8, 4) is 0 Å². The van der Waals surface area contributed by atoms with E-state index in [0.29, 0.717) is 17.0 Å².